The van der Waals surface area contributed by atoms with Gasteiger partial charge >= 0.3 is 0 Å². The lowest BCUT2D eigenvalue weighted by atomic mass is 9.84. The van der Waals surface area contributed by atoms with Gasteiger partial charge in [0.25, 0.3) is 0 Å². The molecule has 0 bridgehead atoms. The minimum Gasteiger partial charge on any atom is -0.508 e. The molecule has 1 saturated heterocycles. The van der Waals surface area contributed by atoms with Crippen LogP contribution in [0.2, 0.25) is 0 Å². The van der Waals surface area contributed by atoms with E-state index in [0.717, 1.165) is 0 Å². The maximum Gasteiger partial charge on any atom is 0.236 e. The highest BCUT2D eigenvalue weighted by Crippen LogP contribution is 2.32. The predicted octanol–water partition coefficient (Wildman–Crippen LogP) is 1.11. The van der Waals surface area contributed by atoms with Crippen LogP contribution in [0.25, 0.3) is 0 Å². The van der Waals surface area contributed by atoms with E-state index >= 15 is 0 Å². The molecule has 1 aliphatic rings. The van der Waals surface area contributed by atoms with Crippen LogP contribution in [0.15, 0.2) is 24.3 Å². The fourth-order valence-corrected chi connectivity index (χ4v) is 2.32. The van der Waals surface area contributed by atoms with E-state index in [9.17, 15) is 9.90 Å². The van der Waals surface area contributed by atoms with Crippen molar-refractivity contribution in [3.63, 3.8) is 0 Å². The van der Waals surface area contributed by atoms with Crippen molar-refractivity contribution in [3.05, 3.63) is 24.3 Å². The third-order valence-electron chi connectivity index (χ3n) is 3.71. The number of aromatic hydroxyl groups is 1. The van der Waals surface area contributed by atoms with E-state index in [-0.39, 0.29) is 17.7 Å². The molecule has 1 aliphatic heterocycles. The summed E-state index contributed by atoms with van der Waals surface area (Å²) in [6, 6.07) is 6.37. The number of benzene rings is 1. The fourth-order valence-electron chi connectivity index (χ4n) is 2.32. The number of ether oxygens (including phenoxy) is 1. The van der Waals surface area contributed by atoms with Crippen LogP contribution < -0.4 is 10.6 Å². The lowest BCUT2D eigenvalue weighted by Crippen LogP contribution is -2.51. The van der Waals surface area contributed by atoms with Crippen molar-refractivity contribution in [1.29, 1.82) is 0 Å². The van der Waals surface area contributed by atoms with Crippen molar-refractivity contribution in [1.82, 2.24) is 0 Å². The molecular weight excluding hydrogens is 244 g/mol. The van der Waals surface area contributed by atoms with Gasteiger partial charge in [-0.25, -0.2) is 0 Å². The van der Waals surface area contributed by atoms with Crippen LogP contribution in [0, 0.1) is 5.41 Å². The van der Waals surface area contributed by atoms with E-state index in [1.54, 1.807) is 29.2 Å². The molecule has 104 valence electrons. The fraction of sp³-hybridized carbons (Fsp3) is 0.500. The summed E-state index contributed by atoms with van der Waals surface area (Å²) >= 11 is 0. The Morgan fingerprint density at radius 1 is 1.63 bits per heavy atom. The van der Waals surface area contributed by atoms with Crippen LogP contribution >= 0.6 is 0 Å². The van der Waals surface area contributed by atoms with Crippen molar-refractivity contribution >= 4 is 11.6 Å². The Hall–Kier alpha value is -1.59. The third kappa shape index (κ3) is 2.43. The normalized spacial score (nSPS) is 26.4. The van der Waals surface area contributed by atoms with Crippen LogP contribution in [0.1, 0.15) is 13.8 Å². The Morgan fingerprint density at radius 3 is 2.89 bits per heavy atom. The van der Waals surface area contributed by atoms with Crippen LogP contribution in [0.3, 0.4) is 0 Å². The number of anilines is 1. The van der Waals surface area contributed by atoms with Crippen molar-refractivity contribution in [2.24, 2.45) is 11.1 Å². The molecule has 5 nitrogen and oxygen atoms in total. The molecule has 3 N–H and O–H groups in total. The van der Waals surface area contributed by atoms with Crippen molar-refractivity contribution < 1.29 is 14.6 Å². The minimum absolute atomic E-state index is 0.0643. The Labute approximate surface area is 113 Å². The minimum atomic E-state index is -0.707. The molecule has 0 aliphatic carbocycles. The molecule has 1 amide bonds. The highest BCUT2D eigenvalue weighted by Gasteiger charge is 2.46. The second kappa shape index (κ2) is 5.19. The highest BCUT2D eigenvalue weighted by atomic mass is 16.5. The molecule has 1 heterocycles. The van der Waals surface area contributed by atoms with Crippen LogP contribution in [-0.4, -0.2) is 36.8 Å². The van der Waals surface area contributed by atoms with Crippen molar-refractivity contribution in [2.75, 3.05) is 24.7 Å². The van der Waals surface area contributed by atoms with Gasteiger partial charge in [-0.1, -0.05) is 6.07 Å². The molecule has 1 aromatic carbocycles. The van der Waals surface area contributed by atoms with Gasteiger partial charge in [0.1, 0.15) is 5.75 Å². The summed E-state index contributed by atoms with van der Waals surface area (Å²) in [5.41, 5.74) is 5.96. The first-order valence-electron chi connectivity index (χ1n) is 6.43. The van der Waals surface area contributed by atoms with Gasteiger partial charge in [0.15, 0.2) is 0 Å². The second-order valence-corrected chi connectivity index (χ2v) is 5.11. The lowest BCUT2D eigenvalue weighted by molar-refractivity contribution is -0.127. The SMILES string of the molecule is CCN(C(=O)C1(C)COCC1N)c1cccc(O)c1. The Bertz CT molecular complexity index is 478. The monoisotopic (exact) mass is 264 g/mol. The molecule has 0 radical (unpaired) electrons. The van der Waals surface area contributed by atoms with Gasteiger partial charge in [-0.15, -0.1) is 0 Å². The smallest absolute Gasteiger partial charge is 0.236 e. The molecule has 19 heavy (non-hydrogen) atoms. The van der Waals surface area contributed by atoms with Crippen LogP contribution in [-0.2, 0) is 9.53 Å². The first-order valence-corrected chi connectivity index (χ1v) is 6.43. The van der Waals surface area contributed by atoms with Crippen molar-refractivity contribution in [2.45, 2.75) is 19.9 Å². The summed E-state index contributed by atoms with van der Waals surface area (Å²) in [5.74, 6) is 0.0754. The average molecular weight is 264 g/mol. The van der Waals surface area contributed by atoms with Gasteiger partial charge in [-0.3, -0.25) is 4.79 Å². The molecule has 2 unspecified atom stereocenters. The quantitative estimate of drug-likeness (QED) is 0.857. The standard InChI is InChI=1S/C14H20N2O3/c1-3-16(10-5-4-6-11(17)7-10)13(18)14(2)9-19-8-12(14)15/h4-7,12,17H,3,8-9,15H2,1-2H3. The van der Waals surface area contributed by atoms with E-state index in [2.05, 4.69) is 0 Å². The number of phenols is 1. The summed E-state index contributed by atoms with van der Waals surface area (Å²) in [4.78, 5) is 14.3. The summed E-state index contributed by atoms with van der Waals surface area (Å²) in [7, 11) is 0. The zero-order valence-electron chi connectivity index (χ0n) is 11.3. The van der Waals surface area contributed by atoms with E-state index < -0.39 is 5.41 Å². The number of nitrogens with zero attached hydrogens (tertiary/aromatic N) is 1. The predicted molar refractivity (Wildman–Crippen MR) is 73.0 cm³/mol. The Morgan fingerprint density at radius 2 is 2.37 bits per heavy atom. The molecule has 5 heteroatoms. The summed E-state index contributed by atoms with van der Waals surface area (Å²) in [6.07, 6.45) is 0. The topological polar surface area (TPSA) is 75.8 Å². The maximum atomic E-state index is 12.7. The van der Waals surface area contributed by atoms with Gasteiger partial charge in [-0.2, -0.15) is 0 Å². The van der Waals surface area contributed by atoms with Gasteiger partial charge in [0.2, 0.25) is 5.91 Å². The number of rotatable bonds is 3. The van der Waals surface area contributed by atoms with E-state index in [4.69, 9.17) is 10.5 Å². The lowest BCUT2D eigenvalue weighted by Gasteiger charge is -2.32. The molecule has 2 atom stereocenters. The molecule has 0 saturated carbocycles. The van der Waals surface area contributed by atoms with E-state index in [1.165, 1.54) is 0 Å². The first kappa shape index (κ1) is 13.8. The summed E-state index contributed by atoms with van der Waals surface area (Å²) in [5, 5.41) is 9.53. The second-order valence-electron chi connectivity index (χ2n) is 5.11. The number of carbonyl (C=O) groups excluding carboxylic acids is 1. The zero-order chi connectivity index (χ0) is 14.0. The summed E-state index contributed by atoms with van der Waals surface area (Å²) < 4.78 is 5.33. The number of amides is 1. The van der Waals surface area contributed by atoms with Gasteiger partial charge in [0.05, 0.1) is 18.6 Å². The zero-order valence-corrected chi connectivity index (χ0v) is 11.3. The van der Waals surface area contributed by atoms with E-state index in [1.807, 2.05) is 13.8 Å². The Balaban J connectivity index is 2.30. The third-order valence-corrected chi connectivity index (χ3v) is 3.71. The van der Waals surface area contributed by atoms with Crippen LogP contribution in [0.5, 0.6) is 5.75 Å². The average Bonchev–Trinajstić information content (AvgIpc) is 2.72. The largest absolute Gasteiger partial charge is 0.508 e. The first-order chi connectivity index (χ1) is 8.99. The van der Waals surface area contributed by atoms with Gasteiger partial charge < -0.3 is 20.5 Å². The molecular formula is C14H20N2O3. The number of phenolic OH excluding ortho intramolecular Hbond substituents is 1. The highest BCUT2D eigenvalue weighted by molar-refractivity contribution is 5.98. The van der Waals surface area contributed by atoms with Gasteiger partial charge in [-0.05, 0) is 26.0 Å². The van der Waals surface area contributed by atoms with Gasteiger partial charge in [0, 0.05) is 24.3 Å². The molecule has 1 fully saturated rings. The number of hydrogen-bond acceptors (Lipinski definition) is 4. The molecule has 2 rings (SSSR count). The number of carbonyl (C=O) groups is 1. The van der Waals surface area contributed by atoms with E-state index in [0.29, 0.717) is 25.4 Å². The summed E-state index contributed by atoms with van der Waals surface area (Å²) in [6.45, 7) is 4.98. The van der Waals surface area contributed by atoms with Crippen LogP contribution in [0.4, 0.5) is 5.69 Å². The molecule has 0 spiro atoms. The number of nitrogens with two attached hydrogens (primary N) is 1. The number of hydrogen-bond donors (Lipinski definition) is 2. The molecule has 1 aromatic rings. The molecule has 0 aromatic heterocycles. The Kier molecular flexibility index (Phi) is 3.78. The maximum absolute atomic E-state index is 12.7. The van der Waals surface area contributed by atoms with Crippen molar-refractivity contribution in [3.8, 4) is 5.75 Å².